The van der Waals surface area contributed by atoms with Crippen LogP contribution in [0.5, 0.6) is 0 Å². The maximum atomic E-state index is 11.3. The molecule has 1 aliphatic heterocycles. The van der Waals surface area contributed by atoms with Gasteiger partial charge in [-0.25, -0.2) is 9.78 Å². The molecule has 2 rings (SSSR count). The van der Waals surface area contributed by atoms with E-state index in [1.54, 1.807) is 17.2 Å². The van der Waals surface area contributed by atoms with Gasteiger partial charge in [0.25, 0.3) is 0 Å². The molecular weight excluding hydrogens is 272 g/mol. The summed E-state index contributed by atoms with van der Waals surface area (Å²) >= 11 is 0. The van der Waals surface area contributed by atoms with E-state index in [-0.39, 0.29) is 18.7 Å². The summed E-state index contributed by atoms with van der Waals surface area (Å²) in [4.78, 5) is 17.2. The first-order chi connectivity index (χ1) is 10.0. The second kappa shape index (κ2) is 6.41. The van der Waals surface area contributed by atoms with Gasteiger partial charge in [-0.15, -0.1) is 0 Å². The highest BCUT2D eigenvalue weighted by atomic mass is 16.4. The Balaban J connectivity index is 2.22. The third-order valence-corrected chi connectivity index (χ3v) is 4.36. The van der Waals surface area contributed by atoms with Crippen molar-refractivity contribution in [2.24, 2.45) is 5.41 Å². The van der Waals surface area contributed by atoms with E-state index in [1.165, 1.54) is 6.07 Å². The minimum Gasteiger partial charge on any atom is -0.478 e. The van der Waals surface area contributed by atoms with Crippen LogP contribution in [0.25, 0.3) is 0 Å². The molecule has 6 nitrogen and oxygen atoms in total. The highest BCUT2D eigenvalue weighted by molar-refractivity contribution is 5.93. The Labute approximate surface area is 124 Å². The van der Waals surface area contributed by atoms with Crippen molar-refractivity contribution in [3.63, 3.8) is 0 Å². The Morgan fingerprint density at radius 3 is 2.90 bits per heavy atom. The van der Waals surface area contributed by atoms with E-state index in [2.05, 4.69) is 4.98 Å². The van der Waals surface area contributed by atoms with E-state index in [0.29, 0.717) is 18.8 Å². The Morgan fingerprint density at radius 1 is 1.57 bits per heavy atom. The van der Waals surface area contributed by atoms with Crippen molar-refractivity contribution in [1.29, 1.82) is 0 Å². The molecule has 0 radical (unpaired) electrons. The summed E-state index contributed by atoms with van der Waals surface area (Å²) in [6.07, 6.45) is 3.12. The van der Waals surface area contributed by atoms with Crippen LogP contribution in [0.15, 0.2) is 18.3 Å². The second-order valence-corrected chi connectivity index (χ2v) is 5.66. The number of carboxylic acid groups (broad SMARTS) is 1. The minimum atomic E-state index is -1.03. The lowest BCUT2D eigenvalue weighted by Crippen LogP contribution is -2.53. The molecule has 21 heavy (non-hydrogen) atoms. The lowest BCUT2D eigenvalue weighted by Gasteiger charge is -2.45. The minimum absolute atomic E-state index is 0.0517. The number of pyridine rings is 1. The first kappa shape index (κ1) is 15.7. The van der Waals surface area contributed by atoms with Crippen LogP contribution >= 0.6 is 0 Å². The van der Waals surface area contributed by atoms with Gasteiger partial charge in [-0.3, -0.25) is 0 Å². The molecule has 0 unspecified atom stereocenters. The van der Waals surface area contributed by atoms with Crippen molar-refractivity contribution in [2.75, 3.05) is 24.6 Å². The van der Waals surface area contributed by atoms with Crippen molar-refractivity contribution in [1.82, 2.24) is 4.98 Å². The van der Waals surface area contributed by atoms with Crippen molar-refractivity contribution in [3.05, 3.63) is 23.9 Å². The molecule has 1 fully saturated rings. The molecule has 6 heteroatoms. The molecule has 1 saturated heterocycles. The van der Waals surface area contributed by atoms with Crippen LogP contribution in [0.3, 0.4) is 0 Å². The van der Waals surface area contributed by atoms with E-state index < -0.39 is 17.5 Å². The van der Waals surface area contributed by atoms with Gasteiger partial charge in [-0.1, -0.05) is 13.3 Å². The smallest absolute Gasteiger partial charge is 0.339 e. The Hall–Kier alpha value is -1.66. The summed E-state index contributed by atoms with van der Waals surface area (Å²) in [6, 6.07) is 3.10. The molecule has 0 bridgehead atoms. The predicted molar refractivity (Wildman–Crippen MR) is 78.5 cm³/mol. The van der Waals surface area contributed by atoms with Crippen LogP contribution in [0, 0.1) is 5.41 Å². The summed E-state index contributed by atoms with van der Waals surface area (Å²) in [5, 5.41) is 29.3. The fourth-order valence-corrected chi connectivity index (χ4v) is 3.08. The maximum absolute atomic E-state index is 11.3. The zero-order chi connectivity index (χ0) is 15.5. The van der Waals surface area contributed by atoms with Crippen molar-refractivity contribution >= 4 is 11.8 Å². The monoisotopic (exact) mass is 294 g/mol. The van der Waals surface area contributed by atoms with E-state index in [1.807, 2.05) is 6.92 Å². The van der Waals surface area contributed by atoms with Gasteiger partial charge < -0.3 is 20.2 Å². The molecule has 0 aromatic carbocycles. The van der Waals surface area contributed by atoms with Crippen LogP contribution in [0.4, 0.5) is 5.82 Å². The third kappa shape index (κ3) is 3.01. The molecule has 2 heterocycles. The maximum Gasteiger partial charge on any atom is 0.339 e. The quantitative estimate of drug-likeness (QED) is 0.753. The highest BCUT2D eigenvalue weighted by Gasteiger charge is 2.41. The van der Waals surface area contributed by atoms with E-state index >= 15 is 0 Å². The Bertz CT molecular complexity index is 508. The lowest BCUT2D eigenvalue weighted by atomic mass is 9.73. The SMILES string of the molecule is CCC[C@]1(CO)CCN(c2ncccc2C(=O)O)C[C@H]1O. The molecule has 0 saturated carbocycles. The van der Waals surface area contributed by atoms with Gasteiger partial charge >= 0.3 is 5.97 Å². The van der Waals surface area contributed by atoms with Gasteiger partial charge in [-0.05, 0) is 25.0 Å². The van der Waals surface area contributed by atoms with Crippen LogP contribution in [0.2, 0.25) is 0 Å². The summed E-state index contributed by atoms with van der Waals surface area (Å²) in [6.45, 7) is 2.84. The lowest BCUT2D eigenvalue weighted by molar-refractivity contribution is -0.0372. The number of hydrogen-bond acceptors (Lipinski definition) is 5. The largest absolute Gasteiger partial charge is 0.478 e. The molecule has 1 aromatic heterocycles. The average molecular weight is 294 g/mol. The zero-order valence-electron chi connectivity index (χ0n) is 12.2. The fourth-order valence-electron chi connectivity index (χ4n) is 3.08. The topological polar surface area (TPSA) is 93.9 Å². The van der Waals surface area contributed by atoms with E-state index in [0.717, 1.165) is 12.8 Å². The van der Waals surface area contributed by atoms with Gasteiger partial charge in [-0.2, -0.15) is 0 Å². The number of piperidine rings is 1. The number of aromatic nitrogens is 1. The highest BCUT2D eigenvalue weighted by Crippen LogP contribution is 2.37. The normalized spacial score (nSPS) is 25.9. The molecule has 0 aliphatic carbocycles. The van der Waals surface area contributed by atoms with Gasteiger partial charge in [0.2, 0.25) is 0 Å². The van der Waals surface area contributed by atoms with Crippen LogP contribution < -0.4 is 4.90 Å². The molecular formula is C15H22N2O4. The second-order valence-electron chi connectivity index (χ2n) is 5.66. The van der Waals surface area contributed by atoms with Crippen LogP contribution in [0.1, 0.15) is 36.5 Å². The zero-order valence-corrected chi connectivity index (χ0v) is 12.2. The van der Waals surface area contributed by atoms with Gasteiger partial charge in [0.15, 0.2) is 0 Å². The number of carbonyl (C=O) groups is 1. The molecule has 116 valence electrons. The van der Waals surface area contributed by atoms with E-state index in [4.69, 9.17) is 0 Å². The first-order valence-electron chi connectivity index (χ1n) is 7.26. The van der Waals surface area contributed by atoms with Gasteiger partial charge in [0.05, 0.1) is 12.7 Å². The Kier molecular flexibility index (Phi) is 4.80. The number of carboxylic acids is 1. The number of rotatable bonds is 5. The van der Waals surface area contributed by atoms with Crippen molar-refractivity contribution in [3.8, 4) is 0 Å². The molecule has 1 aliphatic rings. The van der Waals surface area contributed by atoms with Crippen molar-refractivity contribution < 1.29 is 20.1 Å². The van der Waals surface area contributed by atoms with E-state index in [9.17, 15) is 20.1 Å². The molecule has 0 amide bonds. The third-order valence-electron chi connectivity index (χ3n) is 4.36. The first-order valence-corrected chi connectivity index (χ1v) is 7.26. The van der Waals surface area contributed by atoms with Gasteiger partial charge in [0.1, 0.15) is 11.4 Å². The molecule has 2 atom stereocenters. The predicted octanol–water partition coefficient (Wildman–Crippen LogP) is 1.13. The molecule has 0 spiro atoms. The van der Waals surface area contributed by atoms with Crippen LogP contribution in [-0.2, 0) is 0 Å². The number of hydrogen-bond donors (Lipinski definition) is 3. The van der Waals surface area contributed by atoms with Crippen LogP contribution in [-0.4, -0.2) is 52.1 Å². The number of β-amino-alcohol motifs (C(OH)–C–C–N with tert-alkyl or cyclic N) is 1. The Morgan fingerprint density at radius 2 is 2.33 bits per heavy atom. The number of anilines is 1. The van der Waals surface area contributed by atoms with Gasteiger partial charge in [0, 0.05) is 24.7 Å². The number of aromatic carboxylic acids is 1. The summed E-state index contributed by atoms with van der Waals surface area (Å²) in [5.41, 5.74) is -0.347. The number of nitrogens with zero attached hydrogens (tertiary/aromatic N) is 2. The van der Waals surface area contributed by atoms with Crippen molar-refractivity contribution in [2.45, 2.75) is 32.3 Å². The summed E-state index contributed by atoms with van der Waals surface area (Å²) in [5.74, 6) is -0.646. The standard InChI is InChI=1S/C15H22N2O4/c1-2-5-15(10-18)6-8-17(9-12(15)19)13-11(14(20)21)4-3-7-16-13/h3-4,7,12,18-19H,2,5-6,8-10H2,1H3,(H,20,21)/t12-,15-/m1/s1. The summed E-state index contributed by atoms with van der Waals surface area (Å²) < 4.78 is 0. The molecule has 3 N–H and O–H groups in total. The average Bonchev–Trinajstić information content (AvgIpc) is 2.49. The molecule has 1 aromatic rings. The number of aliphatic hydroxyl groups excluding tert-OH is 2. The number of aliphatic hydroxyl groups is 2. The fraction of sp³-hybridized carbons (Fsp3) is 0.600. The summed E-state index contributed by atoms with van der Waals surface area (Å²) in [7, 11) is 0.